The van der Waals surface area contributed by atoms with E-state index >= 15 is 0 Å². The molecule has 27 nitrogen and oxygen atoms in total. The lowest BCUT2D eigenvalue weighted by Crippen LogP contribution is -2.63. The second-order valence-corrected chi connectivity index (χ2v) is 24.6. The van der Waals surface area contributed by atoms with Gasteiger partial charge in [-0.1, -0.05) is 89.5 Å². The molecule has 0 radical (unpaired) electrons. The fourth-order valence-electron chi connectivity index (χ4n) is 10.5. The highest BCUT2D eigenvalue weighted by atomic mass is 16.4. The number of carbonyl (C=O) groups is 12. The Kier molecular flexibility index (Phi) is 28.9. The van der Waals surface area contributed by atoms with E-state index < -0.39 is 169 Å². The number of amides is 11. The Bertz CT molecular complexity index is 2310. The molecule has 84 heavy (non-hydrogen) atoms. The van der Waals surface area contributed by atoms with E-state index in [2.05, 4.69) is 53.2 Å². The highest BCUT2D eigenvalue weighted by Gasteiger charge is 2.43. The Labute approximate surface area is 493 Å². The lowest BCUT2D eigenvalue weighted by molar-refractivity contribution is -0.144. The van der Waals surface area contributed by atoms with Crippen LogP contribution in [0.3, 0.4) is 0 Å². The number of carboxylic acids is 1. The third-order valence-electron chi connectivity index (χ3n) is 15.6. The molecule has 3 aliphatic rings. The van der Waals surface area contributed by atoms with E-state index in [1.165, 1.54) is 16.7 Å². The maximum atomic E-state index is 14.4. The van der Waals surface area contributed by atoms with E-state index in [-0.39, 0.29) is 62.4 Å². The lowest BCUT2D eigenvalue weighted by atomic mass is 9.96. The summed E-state index contributed by atoms with van der Waals surface area (Å²) in [6.07, 6.45) is 1.83. The van der Waals surface area contributed by atoms with E-state index in [9.17, 15) is 72.9 Å². The molecule has 0 spiro atoms. The van der Waals surface area contributed by atoms with Crippen molar-refractivity contribution in [2.45, 2.75) is 220 Å². The number of hydrogen-bond donors (Lipinski definition) is 13. The van der Waals surface area contributed by atoms with Crippen LogP contribution in [0.15, 0.2) is 0 Å². The van der Waals surface area contributed by atoms with Gasteiger partial charge in [0.25, 0.3) is 0 Å². The Morgan fingerprint density at radius 3 is 1.40 bits per heavy atom. The molecule has 13 atom stereocenters. The molecular weight excluding hydrogens is 1090 g/mol. The van der Waals surface area contributed by atoms with Gasteiger partial charge in [-0.2, -0.15) is 0 Å². The average molecular weight is 1190 g/mol. The first-order valence-electron chi connectivity index (χ1n) is 29.9. The third-order valence-corrected chi connectivity index (χ3v) is 15.6. The Hall–Kier alpha value is -6.48. The van der Waals surface area contributed by atoms with Gasteiger partial charge in [0.15, 0.2) is 0 Å². The molecule has 3 aliphatic heterocycles. The number of rotatable bonds is 32. The third kappa shape index (κ3) is 20.9. The molecule has 13 N–H and O–H groups in total. The van der Waals surface area contributed by atoms with Crippen LogP contribution in [-0.2, 0) is 57.5 Å². The van der Waals surface area contributed by atoms with Crippen molar-refractivity contribution >= 4 is 70.9 Å². The van der Waals surface area contributed by atoms with Crippen LogP contribution >= 0.6 is 0 Å². The summed E-state index contributed by atoms with van der Waals surface area (Å²) in [4.78, 5) is 166. The summed E-state index contributed by atoms with van der Waals surface area (Å²) in [5.74, 6) is -11.1. The van der Waals surface area contributed by atoms with E-state index in [0.717, 1.165) is 6.42 Å². The number of aliphatic hydroxyl groups excluding tert-OH is 2. The van der Waals surface area contributed by atoms with Gasteiger partial charge < -0.3 is 78.3 Å². The number of carbonyl (C=O) groups excluding carboxylic acids is 11. The standard InChI is InChI=1S/C57H98N12O15/c1-14-33(12)45(54(80)60-36(24-28(2)3)48(74)62-38(27-70)57(83)84)66-50(76)40-20-16-22-68(40)41(72)26-59-49(75)39-19-17-23-69(39)56(82)37(25-29(4)5)61-55(81)46(34(13)71)67-53(79)44(32(10)11)65-52(78)43(31(8)9)64-51(77)42(30(6)7)63-47(73)35-18-15-21-58-35/h28-40,42-46,58,70-71H,14-27H2,1-13H3,(H,59,75)(H,60,80)(H,61,81)(H,62,74)(H,63,73)(H,64,77)(H,65,78)(H,66,76)(H,67,79)(H,83,84)/t33-,34+,35-,36-,37-,38-,39-,40-,42-,43-,44-,45-,46-/m0/s1. The van der Waals surface area contributed by atoms with Gasteiger partial charge in [-0.05, 0) is 100 Å². The summed E-state index contributed by atoms with van der Waals surface area (Å²) >= 11 is 0. The highest BCUT2D eigenvalue weighted by molar-refractivity contribution is 5.99. The van der Waals surface area contributed by atoms with Crippen LogP contribution in [-0.4, -0.2) is 201 Å². The summed E-state index contributed by atoms with van der Waals surface area (Å²) in [7, 11) is 0. The molecular formula is C57H98N12O15. The van der Waals surface area contributed by atoms with Crippen LogP contribution < -0.4 is 53.2 Å². The minimum absolute atomic E-state index is 0.0871. The maximum absolute atomic E-state index is 14.4. The number of carboxylic acid groups (broad SMARTS) is 1. The second-order valence-electron chi connectivity index (χ2n) is 24.6. The zero-order valence-electron chi connectivity index (χ0n) is 51.4. The van der Waals surface area contributed by atoms with Crippen molar-refractivity contribution in [1.82, 2.24) is 63.0 Å². The van der Waals surface area contributed by atoms with Crippen LogP contribution in [0.4, 0.5) is 0 Å². The first-order chi connectivity index (χ1) is 39.3. The zero-order chi connectivity index (χ0) is 63.4. The molecule has 0 aliphatic carbocycles. The van der Waals surface area contributed by atoms with Crippen molar-refractivity contribution in [3.8, 4) is 0 Å². The largest absolute Gasteiger partial charge is 0.480 e. The van der Waals surface area contributed by atoms with Crippen molar-refractivity contribution in [3.05, 3.63) is 0 Å². The van der Waals surface area contributed by atoms with Crippen molar-refractivity contribution in [2.24, 2.45) is 35.5 Å². The number of aliphatic carboxylic acids is 1. The molecule has 3 fully saturated rings. The molecule has 0 aromatic rings. The van der Waals surface area contributed by atoms with Gasteiger partial charge in [0, 0.05) is 13.1 Å². The number of likely N-dealkylation sites (tertiary alicyclic amines) is 2. The normalized spacial score (nSPS) is 20.6. The van der Waals surface area contributed by atoms with Gasteiger partial charge >= 0.3 is 5.97 Å². The molecule has 11 amide bonds. The smallest absolute Gasteiger partial charge is 0.328 e. The quantitative estimate of drug-likeness (QED) is 0.0356. The fourth-order valence-corrected chi connectivity index (χ4v) is 10.5. The molecule has 3 heterocycles. The van der Waals surface area contributed by atoms with E-state index in [0.29, 0.717) is 32.2 Å². The maximum Gasteiger partial charge on any atom is 0.328 e. The molecule has 0 aromatic heterocycles. The van der Waals surface area contributed by atoms with Gasteiger partial charge in [-0.3, -0.25) is 52.7 Å². The summed E-state index contributed by atoms with van der Waals surface area (Å²) in [6.45, 7) is 21.8. The van der Waals surface area contributed by atoms with Crippen LogP contribution in [0, 0.1) is 35.5 Å². The molecule has 476 valence electrons. The number of aliphatic hydroxyl groups is 2. The fraction of sp³-hybridized carbons (Fsp3) is 0.789. The minimum Gasteiger partial charge on any atom is -0.480 e. The van der Waals surface area contributed by atoms with Gasteiger partial charge in [-0.15, -0.1) is 0 Å². The van der Waals surface area contributed by atoms with Crippen LogP contribution in [0.25, 0.3) is 0 Å². The van der Waals surface area contributed by atoms with Crippen molar-refractivity contribution in [1.29, 1.82) is 0 Å². The Morgan fingerprint density at radius 1 is 0.500 bits per heavy atom. The van der Waals surface area contributed by atoms with E-state index in [4.69, 9.17) is 0 Å². The molecule has 0 saturated carbocycles. The van der Waals surface area contributed by atoms with E-state index in [1.807, 2.05) is 13.8 Å². The van der Waals surface area contributed by atoms with Crippen molar-refractivity contribution < 1.29 is 72.9 Å². The Morgan fingerprint density at radius 2 is 0.940 bits per heavy atom. The zero-order valence-corrected chi connectivity index (χ0v) is 51.4. The summed E-state index contributed by atoms with van der Waals surface area (Å²) in [6, 6.07) is -12.8. The predicted octanol–water partition coefficient (Wildman–Crippen LogP) is -1.72. The van der Waals surface area contributed by atoms with Crippen LogP contribution in [0.5, 0.6) is 0 Å². The summed E-state index contributed by atoms with van der Waals surface area (Å²) in [5.41, 5.74) is 0. The van der Waals surface area contributed by atoms with Crippen LogP contribution in [0.1, 0.15) is 148 Å². The highest BCUT2D eigenvalue weighted by Crippen LogP contribution is 2.23. The van der Waals surface area contributed by atoms with Gasteiger partial charge in [0.05, 0.1) is 25.3 Å². The number of nitrogens with zero attached hydrogens (tertiary/aromatic N) is 2. The molecule has 3 rings (SSSR count). The molecule has 3 saturated heterocycles. The predicted molar refractivity (Wildman–Crippen MR) is 308 cm³/mol. The second kappa shape index (κ2) is 33.9. The van der Waals surface area contributed by atoms with Gasteiger partial charge in [0.1, 0.15) is 60.4 Å². The first kappa shape index (κ1) is 71.8. The molecule has 0 bridgehead atoms. The topological polar surface area (TPSA) is 392 Å². The SMILES string of the molecule is CC[C@H](C)[C@H](NC(=O)[C@@H]1CCCN1C(=O)CNC(=O)[C@@H]1CCCN1C(=O)[C@H](CC(C)C)NC(=O)[C@@H](NC(=O)[C@@H](NC(=O)[C@@H](NC(=O)[C@@H](NC(=O)[C@@H]1CCCN1)C(C)C)C(C)C)C(C)C)[C@@H](C)O)C(=O)N[C@@H](CC(C)C)C(=O)N[C@@H](CO)C(=O)O. The van der Waals surface area contributed by atoms with Crippen molar-refractivity contribution in [2.75, 3.05) is 32.8 Å². The number of hydrogen-bond acceptors (Lipinski definition) is 15. The minimum atomic E-state index is -1.63. The monoisotopic (exact) mass is 1190 g/mol. The molecule has 27 heteroatoms. The summed E-state index contributed by atoms with van der Waals surface area (Å²) in [5, 5.41) is 56.5. The number of nitrogens with one attached hydrogen (secondary N) is 10. The molecule has 0 unspecified atom stereocenters. The van der Waals surface area contributed by atoms with Crippen LogP contribution in [0.2, 0.25) is 0 Å². The van der Waals surface area contributed by atoms with Gasteiger partial charge in [0.2, 0.25) is 65.0 Å². The Balaban J connectivity index is 1.70. The van der Waals surface area contributed by atoms with E-state index in [1.54, 1.807) is 69.2 Å². The molecule has 0 aromatic carbocycles. The lowest BCUT2D eigenvalue weighted by Gasteiger charge is -2.32. The summed E-state index contributed by atoms with van der Waals surface area (Å²) < 4.78 is 0. The first-order valence-corrected chi connectivity index (χ1v) is 29.9. The average Bonchev–Trinajstić information content (AvgIpc) is 3.70. The van der Waals surface area contributed by atoms with Crippen molar-refractivity contribution in [3.63, 3.8) is 0 Å². The van der Waals surface area contributed by atoms with Gasteiger partial charge in [-0.25, -0.2) is 4.79 Å².